The van der Waals surface area contributed by atoms with Crippen LogP contribution in [0.25, 0.3) is 17.5 Å². The van der Waals surface area contributed by atoms with Crippen molar-refractivity contribution >= 4 is 6.08 Å². The molecule has 0 saturated heterocycles. The molecule has 0 saturated carbocycles. The van der Waals surface area contributed by atoms with Crippen molar-refractivity contribution in [2.75, 3.05) is 0 Å². The lowest BCUT2D eigenvalue weighted by Crippen LogP contribution is -1.99. The molecule has 1 heterocycles. The minimum Gasteiger partial charge on any atom is -0.207 e. The number of allylic oxidation sites excluding steroid dienone is 1. The molecular formula is C16H13FN4. The Hall–Kier alpha value is -2.82. The largest absolute Gasteiger partial charge is 0.207 e. The third-order valence-electron chi connectivity index (χ3n) is 2.93. The first-order valence-corrected chi connectivity index (χ1v) is 6.56. The van der Waals surface area contributed by atoms with Gasteiger partial charge in [0.2, 0.25) is 5.82 Å². The van der Waals surface area contributed by atoms with Gasteiger partial charge in [0.05, 0.1) is 6.54 Å². The van der Waals surface area contributed by atoms with Gasteiger partial charge in [0.15, 0.2) is 0 Å². The summed E-state index contributed by atoms with van der Waals surface area (Å²) in [6, 6.07) is 16.0. The molecule has 0 unspecified atom stereocenters. The van der Waals surface area contributed by atoms with E-state index in [1.807, 2.05) is 42.5 Å². The van der Waals surface area contributed by atoms with Gasteiger partial charge in [0, 0.05) is 5.56 Å². The zero-order chi connectivity index (χ0) is 14.5. The van der Waals surface area contributed by atoms with E-state index in [4.69, 9.17) is 0 Å². The van der Waals surface area contributed by atoms with Crippen molar-refractivity contribution in [3.63, 3.8) is 0 Å². The maximum absolute atomic E-state index is 12.9. The smallest absolute Gasteiger partial charge is 0.204 e. The second kappa shape index (κ2) is 6.09. The van der Waals surface area contributed by atoms with E-state index in [0.717, 1.165) is 11.1 Å². The van der Waals surface area contributed by atoms with E-state index in [1.54, 1.807) is 12.1 Å². The van der Waals surface area contributed by atoms with E-state index < -0.39 is 0 Å². The first-order valence-electron chi connectivity index (χ1n) is 6.56. The van der Waals surface area contributed by atoms with Crippen molar-refractivity contribution in [1.29, 1.82) is 0 Å². The van der Waals surface area contributed by atoms with E-state index in [1.165, 1.54) is 16.9 Å². The van der Waals surface area contributed by atoms with Crippen molar-refractivity contribution in [2.45, 2.75) is 6.54 Å². The molecule has 0 N–H and O–H groups in total. The van der Waals surface area contributed by atoms with E-state index in [0.29, 0.717) is 12.4 Å². The third kappa shape index (κ3) is 3.39. The Morgan fingerprint density at radius 2 is 1.76 bits per heavy atom. The van der Waals surface area contributed by atoms with E-state index in [-0.39, 0.29) is 5.82 Å². The van der Waals surface area contributed by atoms with Crippen LogP contribution in [0.3, 0.4) is 0 Å². The monoisotopic (exact) mass is 280 g/mol. The van der Waals surface area contributed by atoms with Gasteiger partial charge in [-0.2, -0.15) is 4.80 Å². The van der Waals surface area contributed by atoms with Gasteiger partial charge in [-0.1, -0.05) is 42.5 Å². The van der Waals surface area contributed by atoms with Crippen LogP contribution in [0.2, 0.25) is 0 Å². The van der Waals surface area contributed by atoms with Crippen LogP contribution in [0.4, 0.5) is 4.39 Å². The Balaban J connectivity index is 1.68. The Labute approximate surface area is 121 Å². The highest BCUT2D eigenvalue weighted by atomic mass is 19.1. The molecule has 104 valence electrons. The molecule has 3 aromatic rings. The molecule has 5 heteroatoms. The molecule has 3 rings (SSSR count). The molecule has 0 aliphatic carbocycles. The minimum atomic E-state index is -0.281. The fourth-order valence-electron chi connectivity index (χ4n) is 1.88. The van der Waals surface area contributed by atoms with Crippen molar-refractivity contribution in [3.8, 4) is 11.4 Å². The fourth-order valence-corrected chi connectivity index (χ4v) is 1.88. The first-order chi connectivity index (χ1) is 10.3. The summed E-state index contributed by atoms with van der Waals surface area (Å²) in [4.78, 5) is 1.50. The summed E-state index contributed by atoms with van der Waals surface area (Å²) in [6.45, 7) is 0.531. The summed E-state index contributed by atoms with van der Waals surface area (Å²) in [7, 11) is 0. The molecule has 0 fully saturated rings. The van der Waals surface area contributed by atoms with E-state index >= 15 is 0 Å². The average molecular weight is 280 g/mol. The van der Waals surface area contributed by atoms with Gasteiger partial charge >= 0.3 is 0 Å². The molecular weight excluding hydrogens is 267 g/mol. The Morgan fingerprint density at radius 3 is 2.52 bits per heavy atom. The Bertz CT molecular complexity index is 732. The van der Waals surface area contributed by atoms with Gasteiger partial charge in [0.25, 0.3) is 0 Å². The molecule has 0 amide bonds. The highest BCUT2D eigenvalue weighted by Gasteiger charge is 2.04. The summed E-state index contributed by atoms with van der Waals surface area (Å²) in [5.41, 5.74) is 1.87. The fraction of sp³-hybridized carbons (Fsp3) is 0.0625. The summed E-state index contributed by atoms with van der Waals surface area (Å²) < 4.78 is 12.9. The second-order valence-corrected chi connectivity index (χ2v) is 4.49. The topological polar surface area (TPSA) is 43.6 Å². The van der Waals surface area contributed by atoms with Crippen LogP contribution in [0.1, 0.15) is 5.56 Å². The normalized spacial score (nSPS) is 11.1. The van der Waals surface area contributed by atoms with E-state index in [2.05, 4.69) is 15.4 Å². The number of rotatable bonds is 4. The van der Waals surface area contributed by atoms with Gasteiger partial charge in [-0.15, -0.1) is 10.2 Å². The van der Waals surface area contributed by atoms with Crippen LogP contribution in [0.5, 0.6) is 0 Å². The number of halogens is 1. The molecule has 4 nitrogen and oxygen atoms in total. The summed E-state index contributed by atoms with van der Waals surface area (Å²) in [5, 5.41) is 12.2. The number of hydrogen-bond acceptors (Lipinski definition) is 3. The number of hydrogen-bond donors (Lipinski definition) is 0. The molecule has 1 aromatic heterocycles. The lowest BCUT2D eigenvalue weighted by molar-refractivity contribution is 0.583. The van der Waals surface area contributed by atoms with Gasteiger partial charge in [-0.05, 0) is 35.0 Å². The lowest BCUT2D eigenvalue weighted by atomic mass is 10.2. The molecule has 21 heavy (non-hydrogen) atoms. The zero-order valence-electron chi connectivity index (χ0n) is 11.2. The van der Waals surface area contributed by atoms with Crippen molar-refractivity contribution in [3.05, 3.63) is 72.1 Å². The maximum atomic E-state index is 12.9. The van der Waals surface area contributed by atoms with Gasteiger partial charge in [0.1, 0.15) is 5.82 Å². The van der Waals surface area contributed by atoms with Crippen molar-refractivity contribution in [2.24, 2.45) is 0 Å². The number of tetrazole rings is 1. The molecule has 2 aromatic carbocycles. The van der Waals surface area contributed by atoms with Crippen LogP contribution < -0.4 is 0 Å². The highest BCUT2D eigenvalue weighted by Crippen LogP contribution is 2.13. The SMILES string of the molecule is Fc1ccc(-c2nnn(C/C=C/c3ccccc3)n2)cc1. The third-order valence-corrected chi connectivity index (χ3v) is 2.93. The molecule has 0 radical (unpaired) electrons. The van der Waals surface area contributed by atoms with Crippen molar-refractivity contribution < 1.29 is 4.39 Å². The van der Waals surface area contributed by atoms with Gasteiger partial charge < -0.3 is 0 Å². The second-order valence-electron chi connectivity index (χ2n) is 4.49. The Morgan fingerprint density at radius 1 is 1.00 bits per heavy atom. The summed E-state index contributed by atoms with van der Waals surface area (Å²) >= 11 is 0. The minimum absolute atomic E-state index is 0.281. The van der Waals surface area contributed by atoms with Crippen LogP contribution in [-0.4, -0.2) is 20.2 Å². The lowest BCUT2D eigenvalue weighted by Gasteiger charge is -1.94. The molecule has 0 atom stereocenters. The Kier molecular flexibility index (Phi) is 3.82. The average Bonchev–Trinajstić information content (AvgIpc) is 2.98. The van der Waals surface area contributed by atoms with Crippen molar-refractivity contribution in [1.82, 2.24) is 20.2 Å². The van der Waals surface area contributed by atoms with Gasteiger partial charge in [-0.25, -0.2) is 4.39 Å². The first kappa shape index (κ1) is 13.2. The number of benzene rings is 2. The van der Waals surface area contributed by atoms with Crippen LogP contribution in [-0.2, 0) is 6.54 Å². The van der Waals surface area contributed by atoms with E-state index in [9.17, 15) is 4.39 Å². The number of aromatic nitrogens is 4. The molecule has 0 aliphatic heterocycles. The molecule has 0 spiro atoms. The maximum Gasteiger partial charge on any atom is 0.204 e. The highest BCUT2D eigenvalue weighted by molar-refractivity contribution is 5.53. The zero-order valence-corrected chi connectivity index (χ0v) is 11.2. The number of nitrogens with zero attached hydrogens (tertiary/aromatic N) is 4. The molecule has 0 aliphatic rings. The van der Waals surface area contributed by atoms with Crippen LogP contribution >= 0.6 is 0 Å². The molecule has 0 bridgehead atoms. The standard InChI is InChI=1S/C16H13FN4/c17-15-10-8-14(9-11-15)16-18-20-21(19-16)12-4-7-13-5-2-1-3-6-13/h1-11H,12H2/b7-4+. The van der Waals surface area contributed by atoms with Gasteiger partial charge in [-0.3, -0.25) is 0 Å². The van der Waals surface area contributed by atoms with Crippen LogP contribution in [0.15, 0.2) is 60.7 Å². The predicted octanol–water partition coefficient (Wildman–Crippen LogP) is 3.19. The summed E-state index contributed by atoms with van der Waals surface area (Å²) in [6.07, 6.45) is 3.96. The summed E-state index contributed by atoms with van der Waals surface area (Å²) in [5.74, 6) is 0.208. The van der Waals surface area contributed by atoms with Crippen LogP contribution in [0, 0.1) is 5.82 Å². The quantitative estimate of drug-likeness (QED) is 0.737. The predicted molar refractivity (Wildman–Crippen MR) is 78.7 cm³/mol.